The number of hydrogen-bond donors (Lipinski definition) is 1. The summed E-state index contributed by atoms with van der Waals surface area (Å²) in [5.74, 6) is -0.185. The summed E-state index contributed by atoms with van der Waals surface area (Å²) in [5.41, 5.74) is 4.14. The molecule has 1 fully saturated rings. The average molecular weight is 551 g/mol. The fourth-order valence-electron chi connectivity index (χ4n) is 5.01. The molecule has 0 aliphatic carbocycles. The lowest BCUT2D eigenvalue weighted by molar-refractivity contribution is -0.141. The highest BCUT2D eigenvalue weighted by Crippen LogP contribution is 2.35. The molecule has 1 saturated heterocycles. The number of amides is 1. The minimum absolute atomic E-state index is 0.0624. The predicted octanol–water partition coefficient (Wildman–Crippen LogP) is 2.56. The number of nitrogens with zero attached hydrogens (tertiary/aromatic N) is 8. The zero-order valence-corrected chi connectivity index (χ0v) is 21.7. The SMILES string of the molecule is Cc1c(-c2cc(OCC(O)c3ccc(F)cn3)c3c(Cl)cnn3c2)nn2c1CN(C(=O)C1CN(C#N)C1)CC2. The van der Waals surface area contributed by atoms with Crippen molar-refractivity contribution >= 4 is 23.0 Å². The third-order valence-electron chi connectivity index (χ3n) is 7.22. The molecule has 0 radical (unpaired) electrons. The molecule has 4 aromatic rings. The number of pyridine rings is 2. The Kier molecular flexibility index (Phi) is 6.32. The van der Waals surface area contributed by atoms with Crippen molar-refractivity contribution in [3.05, 3.63) is 64.6 Å². The van der Waals surface area contributed by atoms with Gasteiger partial charge in [-0.05, 0) is 25.1 Å². The van der Waals surface area contributed by atoms with Gasteiger partial charge in [-0.15, -0.1) is 0 Å². The van der Waals surface area contributed by atoms with Crippen molar-refractivity contribution in [3.63, 3.8) is 0 Å². The van der Waals surface area contributed by atoms with Crippen LogP contribution in [0.4, 0.5) is 4.39 Å². The Morgan fingerprint density at radius 1 is 1.33 bits per heavy atom. The molecule has 200 valence electrons. The summed E-state index contributed by atoms with van der Waals surface area (Å²) >= 11 is 6.39. The van der Waals surface area contributed by atoms with E-state index in [-0.39, 0.29) is 24.1 Å². The second-order valence-electron chi connectivity index (χ2n) is 9.71. The maximum Gasteiger partial charge on any atom is 0.229 e. The number of carbonyl (C=O) groups excluding carboxylic acids is 1. The third-order valence-corrected chi connectivity index (χ3v) is 7.50. The second-order valence-corrected chi connectivity index (χ2v) is 10.1. The highest BCUT2D eigenvalue weighted by atomic mass is 35.5. The minimum Gasteiger partial charge on any atom is -0.488 e. The van der Waals surface area contributed by atoms with Crippen LogP contribution in [0.3, 0.4) is 0 Å². The summed E-state index contributed by atoms with van der Waals surface area (Å²) in [7, 11) is 0. The maximum absolute atomic E-state index is 13.2. The number of aromatic nitrogens is 5. The van der Waals surface area contributed by atoms with E-state index in [2.05, 4.69) is 16.3 Å². The van der Waals surface area contributed by atoms with Gasteiger partial charge >= 0.3 is 0 Å². The Balaban J connectivity index is 1.26. The lowest BCUT2D eigenvalue weighted by atomic mass is 9.98. The molecular weight excluding hydrogens is 527 g/mol. The van der Waals surface area contributed by atoms with E-state index in [1.54, 1.807) is 21.7 Å². The lowest BCUT2D eigenvalue weighted by Crippen LogP contribution is -2.53. The molecule has 2 aliphatic rings. The molecule has 1 N–H and O–H groups in total. The largest absolute Gasteiger partial charge is 0.488 e. The first-order chi connectivity index (χ1) is 18.8. The van der Waals surface area contributed by atoms with Crippen LogP contribution in [-0.2, 0) is 17.9 Å². The van der Waals surface area contributed by atoms with Gasteiger partial charge in [0, 0.05) is 37.0 Å². The van der Waals surface area contributed by atoms with Crippen molar-refractivity contribution in [3.8, 4) is 23.2 Å². The Bertz CT molecular complexity index is 1610. The van der Waals surface area contributed by atoms with Crippen LogP contribution < -0.4 is 4.74 Å². The van der Waals surface area contributed by atoms with E-state index in [0.29, 0.717) is 49.0 Å². The molecule has 0 bridgehead atoms. The van der Waals surface area contributed by atoms with Crippen LogP contribution in [0.1, 0.15) is 23.1 Å². The molecule has 6 rings (SSSR count). The van der Waals surface area contributed by atoms with Crippen LogP contribution >= 0.6 is 11.6 Å². The van der Waals surface area contributed by atoms with E-state index in [9.17, 15) is 14.3 Å². The number of aliphatic hydroxyl groups excluding tert-OH is 1. The number of rotatable bonds is 6. The number of aliphatic hydroxyl groups is 1. The van der Waals surface area contributed by atoms with Gasteiger partial charge in [-0.25, -0.2) is 8.91 Å². The van der Waals surface area contributed by atoms with E-state index in [0.717, 1.165) is 28.7 Å². The monoisotopic (exact) mass is 550 g/mol. The second kappa shape index (κ2) is 9.83. The molecular formula is C26H24ClFN8O3. The average Bonchev–Trinajstić information content (AvgIpc) is 3.46. The molecule has 39 heavy (non-hydrogen) atoms. The number of nitriles is 1. The number of carbonyl (C=O) groups is 1. The van der Waals surface area contributed by atoms with Crippen molar-refractivity contribution in [2.45, 2.75) is 26.1 Å². The van der Waals surface area contributed by atoms with Gasteiger partial charge in [0.1, 0.15) is 29.8 Å². The van der Waals surface area contributed by atoms with E-state index in [1.807, 2.05) is 16.5 Å². The lowest BCUT2D eigenvalue weighted by Gasteiger charge is -2.38. The van der Waals surface area contributed by atoms with Gasteiger partial charge < -0.3 is 19.6 Å². The van der Waals surface area contributed by atoms with Crippen molar-refractivity contribution in [2.75, 3.05) is 26.2 Å². The van der Waals surface area contributed by atoms with E-state index >= 15 is 0 Å². The standard InChI is InChI=1S/C26H24ClFN8O3/c1-15-21-12-34(26(38)17-9-33(10-17)14-29)4-5-35(21)32-24(15)16-6-23(25-19(27)8-31-36(25)11-16)39-13-22(37)20-3-2-18(28)7-30-20/h2-3,6-8,11,17,22,37H,4-5,9-10,12-13H2,1H3. The first-order valence-electron chi connectivity index (χ1n) is 12.4. The summed E-state index contributed by atoms with van der Waals surface area (Å²) in [6, 6.07) is 4.42. The summed E-state index contributed by atoms with van der Waals surface area (Å²) in [4.78, 5) is 20.3. The Labute approximate surface area is 227 Å². The zero-order chi connectivity index (χ0) is 27.3. The molecule has 1 atom stereocenters. The van der Waals surface area contributed by atoms with Crippen LogP contribution in [0.15, 0.2) is 36.8 Å². The molecule has 0 spiro atoms. The summed E-state index contributed by atoms with van der Waals surface area (Å²) in [6.07, 6.45) is 5.34. The van der Waals surface area contributed by atoms with Crippen molar-refractivity contribution < 1.29 is 19.0 Å². The number of halogens is 2. The van der Waals surface area contributed by atoms with Crippen molar-refractivity contribution in [2.24, 2.45) is 5.92 Å². The van der Waals surface area contributed by atoms with Crippen LogP contribution in [0.5, 0.6) is 5.75 Å². The van der Waals surface area contributed by atoms with Gasteiger partial charge in [0.15, 0.2) is 6.19 Å². The van der Waals surface area contributed by atoms with Crippen LogP contribution in [0, 0.1) is 30.1 Å². The van der Waals surface area contributed by atoms with Crippen LogP contribution in [0.2, 0.25) is 5.02 Å². The Morgan fingerprint density at radius 3 is 2.90 bits per heavy atom. The fourth-order valence-corrected chi connectivity index (χ4v) is 5.23. The highest BCUT2D eigenvalue weighted by molar-refractivity contribution is 6.34. The number of hydrogen-bond acceptors (Lipinski definition) is 8. The summed E-state index contributed by atoms with van der Waals surface area (Å²) in [6.45, 7) is 4.32. The Hall–Kier alpha value is -4.21. The van der Waals surface area contributed by atoms with Crippen LogP contribution in [-0.4, -0.2) is 71.4 Å². The molecule has 0 saturated carbocycles. The quantitative estimate of drug-likeness (QED) is 0.363. The summed E-state index contributed by atoms with van der Waals surface area (Å²) in [5, 5.41) is 29.0. The first-order valence-corrected chi connectivity index (χ1v) is 12.8. The highest BCUT2D eigenvalue weighted by Gasteiger charge is 2.37. The topological polar surface area (TPSA) is 125 Å². The smallest absolute Gasteiger partial charge is 0.229 e. The van der Waals surface area contributed by atoms with Gasteiger partial charge in [-0.2, -0.15) is 15.5 Å². The van der Waals surface area contributed by atoms with Gasteiger partial charge in [0.25, 0.3) is 0 Å². The predicted molar refractivity (Wildman–Crippen MR) is 137 cm³/mol. The third kappa shape index (κ3) is 4.53. The van der Waals surface area contributed by atoms with Gasteiger partial charge in [0.2, 0.25) is 5.91 Å². The van der Waals surface area contributed by atoms with Crippen molar-refractivity contribution in [1.29, 1.82) is 5.26 Å². The molecule has 0 aromatic carbocycles. The van der Waals surface area contributed by atoms with E-state index in [4.69, 9.17) is 26.7 Å². The van der Waals surface area contributed by atoms with Gasteiger partial charge in [-0.3, -0.25) is 14.5 Å². The van der Waals surface area contributed by atoms with Crippen molar-refractivity contribution in [1.82, 2.24) is 34.2 Å². The normalized spacial score (nSPS) is 16.1. The number of fused-ring (bicyclic) bond motifs is 2. The molecule has 13 heteroatoms. The molecule has 4 aromatic heterocycles. The minimum atomic E-state index is -1.09. The van der Waals surface area contributed by atoms with Crippen LogP contribution in [0.25, 0.3) is 16.8 Å². The van der Waals surface area contributed by atoms with E-state index in [1.165, 1.54) is 18.3 Å². The molecule has 11 nitrogen and oxygen atoms in total. The number of likely N-dealkylation sites (tertiary alicyclic amines) is 1. The fraction of sp³-hybridized carbons (Fsp3) is 0.346. The maximum atomic E-state index is 13.2. The zero-order valence-electron chi connectivity index (χ0n) is 21.0. The first kappa shape index (κ1) is 25.1. The number of ether oxygens (including phenoxy) is 1. The van der Waals surface area contributed by atoms with E-state index < -0.39 is 11.9 Å². The van der Waals surface area contributed by atoms with Gasteiger partial charge in [-0.1, -0.05) is 11.6 Å². The molecule has 2 aliphatic heterocycles. The molecule has 6 heterocycles. The van der Waals surface area contributed by atoms with Gasteiger partial charge in [0.05, 0.1) is 53.5 Å². The Morgan fingerprint density at radius 2 is 2.15 bits per heavy atom. The molecule has 1 unspecified atom stereocenters. The molecule has 1 amide bonds. The summed E-state index contributed by atoms with van der Waals surface area (Å²) < 4.78 is 22.7.